The van der Waals surface area contributed by atoms with Gasteiger partial charge in [-0.2, -0.15) is 0 Å². The minimum atomic E-state index is 0.606. The van der Waals surface area contributed by atoms with Crippen molar-refractivity contribution in [2.45, 2.75) is 0 Å². The van der Waals surface area contributed by atoms with Crippen LogP contribution in [0, 0.1) is 0 Å². The molecule has 0 aliphatic carbocycles. The van der Waals surface area contributed by atoms with E-state index in [4.69, 9.17) is 4.74 Å². The lowest BCUT2D eigenvalue weighted by molar-refractivity contribution is 0.354. The normalized spacial score (nSPS) is 18.0. The number of aliphatic imine (C=N–C) groups is 1. The molecule has 0 fully saturated rings. The number of rotatable bonds is 1. The molecular weight excluding hydrogens is 110 g/mol. The lowest BCUT2D eigenvalue weighted by Gasteiger charge is -1.86. The average molecular weight is 115 g/mol. The summed E-state index contributed by atoms with van der Waals surface area (Å²) in [6, 6.07) is 0. The zero-order chi connectivity index (χ0) is 5.11. The quantitative estimate of drug-likeness (QED) is 0.462. The van der Waals surface area contributed by atoms with Crippen LogP contribution >= 0.6 is 12.2 Å². The maximum atomic E-state index is 4.89. The zero-order valence-corrected chi connectivity index (χ0v) is 4.57. The first-order chi connectivity index (χ1) is 3.43. The number of nitrogens with zero attached hydrogens (tertiary/aromatic N) is 1. The fourth-order valence-corrected chi connectivity index (χ4v) is 0.566. The van der Waals surface area contributed by atoms with Gasteiger partial charge in [-0.1, -0.05) is 12.2 Å². The van der Waals surface area contributed by atoms with Crippen molar-refractivity contribution in [1.29, 1.82) is 0 Å². The Morgan fingerprint density at radius 2 is 2.71 bits per heavy atom. The Hall–Kier alpha value is -0.440. The van der Waals surface area contributed by atoms with Gasteiger partial charge in [0.15, 0.2) is 0 Å². The van der Waals surface area contributed by atoms with E-state index in [-0.39, 0.29) is 0 Å². The second-order valence-corrected chi connectivity index (χ2v) is 1.42. The van der Waals surface area contributed by atoms with Gasteiger partial charge in [0.1, 0.15) is 6.61 Å². The van der Waals surface area contributed by atoms with Crippen LogP contribution < -0.4 is 0 Å². The maximum absolute atomic E-state index is 4.89. The van der Waals surface area contributed by atoms with Gasteiger partial charge in [0.2, 0.25) is 5.90 Å². The van der Waals surface area contributed by atoms with Crippen LogP contribution in [0.25, 0.3) is 0 Å². The first kappa shape index (κ1) is 4.71. The molecule has 0 atom stereocenters. The third-order valence-electron chi connectivity index (χ3n) is 0.710. The van der Waals surface area contributed by atoms with Crippen molar-refractivity contribution in [1.82, 2.24) is 0 Å². The summed E-state index contributed by atoms with van der Waals surface area (Å²) in [6.07, 6.45) is 0. The molecule has 38 valence electrons. The monoisotopic (exact) mass is 115 g/mol. The number of hydrogen-bond donors (Lipinski definition) is 0. The molecule has 0 aromatic carbocycles. The van der Waals surface area contributed by atoms with E-state index >= 15 is 0 Å². The first-order valence-corrected chi connectivity index (χ1v) is 2.53. The Bertz CT molecular complexity index is 110. The number of hydrogen-bond acceptors (Lipinski definition) is 3. The molecule has 0 radical (unpaired) electrons. The molecule has 1 heterocycles. The van der Waals surface area contributed by atoms with Crippen LogP contribution in [0.5, 0.6) is 0 Å². The highest BCUT2D eigenvalue weighted by atomic mass is 32.1. The highest BCUT2D eigenvalue weighted by Gasteiger charge is 2.00. The van der Waals surface area contributed by atoms with E-state index in [1.807, 2.05) is 0 Å². The molecule has 0 saturated carbocycles. The van der Waals surface area contributed by atoms with Gasteiger partial charge in [-0.15, -0.1) is 0 Å². The molecule has 1 rings (SSSR count). The smallest absolute Gasteiger partial charge is 0.219 e. The number of thiocarbonyl (C=S) groups is 1. The topological polar surface area (TPSA) is 21.6 Å². The Balaban J connectivity index is 2.51. The Morgan fingerprint density at radius 3 is 3.00 bits per heavy atom. The molecule has 0 amide bonds. The van der Waals surface area contributed by atoms with Crippen molar-refractivity contribution in [3.05, 3.63) is 0 Å². The van der Waals surface area contributed by atoms with E-state index in [0.29, 0.717) is 12.5 Å². The van der Waals surface area contributed by atoms with Crippen LogP contribution in [0.15, 0.2) is 4.99 Å². The molecule has 0 N–H and O–H groups in total. The molecule has 3 heteroatoms. The second kappa shape index (κ2) is 2.02. The molecule has 0 aromatic rings. The number of ether oxygens (including phenoxy) is 1. The van der Waals surface area contributed by atoms with Crippen molar-refractivity contribution in [2.24, 2.45) is 4.99 Å². The van der Waals surface area contributed by atoms with Gasteiger partial charge in [0.05, 0.1) is 11.9 Å². The highest BCUT2D eigenvalue weighted by Crippen LogP contribution is 1.89. The van der Waals surface area contributed by atoms with Gasteiger partial charge in [0.25, 0.3) is 0 Å². The molecule has 0 aromatic heterocycles. The van der Waals surface area contributed by atoms with E-state index in [1.54, 1.807) is 0 Å². The summed E-state index contributed by atoms with van der Waals surface area (Å²) in [6.45, 7) is 1.46. The largest absolute Gasteiger partial charge is 0.475 e. The summed E-state index contributed by atoms with van der Waals surface area (Å²) >= 11 is 4.53. The molecule has 1 aliphatic rings. The van der Waals surface area contributed by atoms with Crippen LogP contribution in [-0.4, -0.2) is 24.4 Å². The summed E-state index contributed by atoms with van der Waals surface area (Å²) in [4.78, 5) is 3.89. The van der Waals surface area contributed by atoms with E-state index in [0.717, 1.165) is 6.54 Å². The minimum Gasteiger partial charge on any atom is -0.475 e. The lowest BCUT2D eigenvalue weighted by Crippen LogP contribution is -1.96. The lowest BCUT2D eigenvalue weighted by atomic mass is 10.8. The Labute approximate surface area is 47.2 Å². The molecule has 7 heavy (non-hydrogen) atoms. The van der Waals surface area contributed by atoms with Gasteiger partial charge < -0.3 is 4.74 Å². The fourth-order valence-electron chi connectivity index (χ4n) is 0.423. The van der Waals surface area contributed by atoms with Crippen molar-refractivity contribution in [3.8, 4) is 0 Å². The van der Waals surface area contributed by atoms with Crippen molar-refractivity contribution < 1.29 is 4.74 Å². The third-order valence-corrected chi connectivity index (χ3v) is 0.911. The molecule has 0 bridgehead atoms. The summed E-state index contributed by atoms with van der Waals surface area (Å²) < 4.78 is 4.89. The highest BCUT2D eigenvalue weighted by molar-refractivity contribution is 7.80. The summed E-state index contributed by atoms with van der Waals surface area (Å²) in [7, 11) is 0. The Kier molecular flexibility index (Phi) is 1.36. The summed E-state index contributed by atoms with van der Waals surface area (Å²) in [5, 5.41) is 1.45. The first-order valence-electron chi connectivity index (χ1n) is 2.06. The van der Waals surface area contributed by atoms with E-state index < -0.39 is 0 Å². The van der Waals surface area contributed by atoms with Crippen LogP contribution in [-0.2, 0) is 4.74 Å². The van der Waals surface area contributed by atoms with E-state index in [2.05, 4.69) is 17.2 Å². The van der Waals surface area contributed by atoms with Crippen molar-refractivity contribution in [2.75, 3.05) is 13.2 Å². The van der Waals surface area contributed by atoms with Crippen LogP contribution in [0.2, 0.25) is 0 Å². The van der Waals surface area contributed by atoms with Crippen molar-refractivity contribution in [3.63, 3.8) is 0 Å². The Morgan fingerprint density at radius 1 is 1.86 bits per heavy atom. The predicted molar refractivity (Wildman–Crippen MR) is 31.9 cm³/mol. The predicted octanol–water partition coefficient (Wildman–Crippen LogP) is 0.415. The molecule has 0 saturated heterocycles. The zero-order valence-electron chi connectivity index (χ0n) is 3.76. The van der Waals surface area contributed by atoms with Gasteiger partial charge in [0, 0.05) is 0 Å². The van der Waals surface area contributed by atoms with Gasteiger partial charge in [-0.05, 0) is 0 Å². The van der Waals surface area contributed by atoms with E-state index in [9.17, 15) is 0 Å². The third kappa shape index (κ3) is 0.962. The fraction of sp³-hybridized carbons (Fsp3) is 0.500. The average Bonchev–Trinajstić information content (AvgIpc) is 2.14. The molecular formula is C4H5NOS. The van der Waals surface area contributed by atoms with Gasteiger partial charge >= 0.3 is 0 Å². The summed E-state index contributed by atoms with van der Waals surface area (Å²) in [5.74, 6) is 0.606. The van der Waals surface area contributed by atoms with Gasteiger partial charge in [-0.25, -0.2) is 4.99 Å². The van der Waals surface area contributed by atoms with Crippen LogP contribution in [0.3, 0.4) is 0 Å². The van der Waals surface area contributed by atoms with Gasteiger partial charge in [-0.3, -0.25) is 0 Å². The molecule has 0 spiro atoms. The van der Waals surface area contributed by atoms with E-state index in [1.165, 1.54) is 5.37 Å². The molecule has 2 nitrogen and oxygen atoms in total. The standard InChI is InChI=1S/C4H5NOS/c7-3-4-5-1-2-6-4/h3H,1-2H2. The second-order valence-electron chi connectivity index (χ2n) is 1.19. The molecule has 0 unspecified atom stereocenters. The summed E-state index contributed by atoms with van der Waals surface area (Å²) in [5.41, 5.74) is 0. The maximum Gasteiger partial charge on any atom is 0.219 e. The molecule has 1 aliphatic heterocycles. The van der Waals surface area contributed by atoms with Crippen LogP contribution in [0.4, 0.5) is 0 Å². The van der Waals surface area contributed by atoms with Crippen molar-refractivity contribution >= 4 is 23.5 Å². The SMILES string of the molecule is S=CC1=NCCO1. The van der Waals surface area contributed by atoms with Crippen LogP contribution in [0.1, 0.15) is 0 Å². The minimum absolute atomic E-state index is 0.606.